The summed E-state index contributed by atoms with van der Waals surface area (Å²) >= 11 is 1.79. The van der Waals surface area contributed by atoms with E-state index in [1.165, 1.54) is 10.4 Å². The van der Waals surface area contributed by atoms with E-state index in [0.717, 1.165) is 13.2 Å². The molecule has 0 bridgehead atoms. The summed E-state index contributed by atoms with van der Waals surface area (Å²) in [5.74, 6) is 0. The molecule has 0 spiro atoms. The second kappa shape index (κ2) is 4.25. The van der Waals surface area contributed by atoms with Crippen molar-refractivity contribution < 1.29 is 4.74 Å². The molecule has 0 aliphatic rings. The molecule has 0 saturated carbocycles. The van der Waals surface area contributed by atoms with E-state index in [4.69, 9.17) is 4.74 Å². The molecule has 0 fully saturated rings. The molecular formula is C11H18OS. The number of ether oxygens (including phenoxy) is 1. The van der Waals surface area contributed by atoms with Crippen molar-refractivity contribution in [1.29, 1.82) is 0 Å². The Bertz CT molecular complexity index is 257. The van der Waals surface area contributed by atoms with Crippen LogP contribution in [0.1, 0.15) is 38.1 Å². The van der Waals surface area contributed by atoms with Crippen LogP contribution in [0.2, 0.25) is 0 Å². The zero-order valence-corrected chi connectivity index (χ0v) is 9.70. The Labute approximate surface area is 84.7 Å². The quantitative estimate of drug-likeness (QED) is 0.721. The van der Waals surface area contributed by atoms with Gasteiger partial charge in [-0.05, 0) is 29.3 Å². The van der Waals surface area contributed by atoms with Gasteiger partial charge in [-0.2, -0.15) is 0 Å². The van der Waals surface area contributed by atoms with Gasteiger partial charge in [0.2, 0.25) is 0 Å². The van der Waals surface area contributed by atoms with Crippen LogP contribution in [0.25, 0.3) is 0 Å². The van der Waals surface area contributed by atoms with Crippen LogP contribution >= 0.6 is 11.3 Å². The molecule has 1 aromatic rings. The first-order valence-corrected chi connectivity index (χ1v) is 5.57. The molecule has 0 saturated heterocycles. The normalized spacial score (nSPS) is 12.0. The minimum atomic E-state index is 0.265. The van der Waals surface area contributed by atoms with Crippen molar-refractivity contribution in [1.82, 2.24) is 0 Å². The van der Waals surface area contributed by atoms with Gasteiger partial charge in [0, 0.05) is 11.5 Å². The number of hydrogen-bond donors (Lipinski definition) is 0. The molecule has 0 aromatic carbocycles. The standard InChI is InChI=1S/C11H18OS/c1-5-12-7-10-6-9(8-13-10)11(2,3)4/h6,8H,5,7H2,1-4H3. The van der Waals surface area contributed by atoms with E-state index in [9.17, 15) is 0 Å². The average Bonchev–Trinajstić information content (AvgIpc) is 2.47. The van der Waals surface area contributed by atoms with Gasteiger partial charge in [-0.25, -0.2) is 0 Å². The molecule has 0 aliphatic carbocycles. The topological polar surface area (TPSA) is 9.23 Å². The van der Waals surface area contributed by atoms with Crippen LogP contribution in [0.5, 0.6) is 0 Å². The van der Waals surface area contributed by atoms with Crippen molar-refractivity contribution in [2.24, 2.45) is 0 Å². The lowest BCUT2D eigenvalue weighted by atomic mass is 9.89. The maximum absolute atomic E-state index is 5.36. The smallest absolute Gasteiger partial charge is 0.0809 e. The molecule has 2 heteroatoms. The number of thiophene rings is 1. The molecule has 1 rings (SSSR count). The Morgan fingerprint density at radius 3 is 2.54 bits per heavy atom. The highest BCUT2D eigenvalue weighted by atomic mass is 32.1. The third-order valence-corrected chi connectivity index (χ3v) is 2.88. The highest BCUT2D eigenvalue weighted by Crippen LogP contribution is 2.27. The fourth-order valence-electron chi connectivity index (χ4n) is 1.05. The Kier molecular flexibility index (Phi) is 3.51. The molecule has 0 radical (unpaired) electrons. The summed E-state index contributed by atoms with van der Waals surface area (Å²) in [5, 5.41) is 2.23. The van der Waals surface area contributed by atoms with Gasteiger partial charge in [0.1, 0.15) is 0 Å². The van der Waals surface area contributed by atoms with Crippen LogP contribution in [-0.4, -0.2) is 6.61 Å². The molecule has 0 amide bonds. The monoisotopic (exact) mass is 198 g/mol. The summed E-state index contributed by atoms with van der Waals surface area (Å²) in [4.78, 5) is 1.33. The number of hydrogen-bond acceptors (Lipinski definition) is 2. The fourth-order valence-corrected chi connectivity index (χ4v) is 2.10. The molecule has 0 aliphatic heterocycles. The first-order valence-electron chi connectivity index (χ1n) is 4.69. The van der Waals surface area contributed by atoms with Crippen LogP contribution in [0.4, 0.5) is 0 Å². The van der Waals surface area contributed by atoms with Gasteiger partial charge in [0.15, 0.2) is 0 Å². The lowest BCUT2D eigenvalue weighted by Gasteiger charge is -2.15. The summed E-state index contributed by atoms with van der Waals surface area (Å²) in [6.07, 6.45) is 0. The van der Waals surface area contributed by atoms with E-state index in [1.54, 1.807) is 11.3 Å². The highest BCUT2D eigenvalue weighted by Gasteiger charge is 2.15. The zero-order valence-electron chi connectivity index (χ0n) is 8.89. The first kappa shape index (κ1) is 10.7. The molecular weight excluding hydrogens is 180 g/mol. The van der Waals surface area contributed by atoms with Crippen molar-refractivity contribution in [2.75, 3.05) is 6.61 Å². The lowest BCUT2D eigenvalue weighted by molar-refractivity contribution is 0.136. The van der Waals surface area contributed by atoms with Gasteiger partial charge in [0.05, 0.1) is 6.61 Å². The van der Waals surface area contributed by atoms with Gasteiger partial charge in [-0.1, -0.05) is 20.8 Å². The second-order valence-corrected chi connectivity index (χ2v) is 5.18. The van der Waals surface area contributed by atoms with Crippen molar-refractivity contribution >= 4 is 11.3 Å². The third-order valence-electron chi connectivity index (χ3n) is 1.97. The summed E-state index contributed by atoms with van der Waals surface area (Å²) in [5.41, 5.74) is 1.67. The molecule has 1 nitrogen and oxygen atoms in total. The highest BCUT2D eigenvalue weighted by molar-refractivity contribution is 7.10. The predicted octanol–water partition coefficient (Wildman–Crippen LogP) is 3.58. The van der Waals surface area contributed by atoms with Crippen LogP contribution in [0.3, 0.4) is 0 Å². The largest absolute Gasteiger partial charge is 0.376 e. The zero-order chi connectivity index (χ0) is 9.90. The Morgan fingerprint density at radius 2 is 2.08 bits per heavy atom. The third kappa shape index (κ3) is 3.12. The molecule has 0 unspecified atom stereocenters. The summed E-state index contributed by atoms with van der Waals surface area (Å²) in [6, 6.07) is 2.25. The van der Waals surface area contributed by atoms with E-state index in [1.807, 2.05) is 6.92 Å². The lowest BCUT2D eigenvalue weighted by Crippen LogP contribution is -2.09. The maximum atomic E-state index is 5.36. The average molecular weight is 198 g/mol. The SMILES string of the molecule is CCOCc1cc(C(C)(C)C)cs1. The van der Waals surface area contributed by atoms with Gasteiger partial charge in [-0.15, -0.1) is 11.3 Å². The van der Waals surface area contributed by atoms with Gasteiger partial charge < -0.3 is 4.74 Å². The van der Waals surface area contributed by atoms with Crippen LogP contribution < -0.4 is 0 Å². The number of rotatable bonds is 3. The Morgan fingerprint density at radius 1 is 1.38 bits per heavy atom. The molecule has 74 valence electrons. The van der Waals surface area contributed by atoms with E-state index in [2.05, 4.69) is 32.2 Å². The predicted molar refractivity (Wildman–Crippen MR) is 58.3 cm³/mol. The van der Waals surface area contributed by atoms with Crippen molar-refractivity contribution in [3.8, 4) is 0 Å². The van der Waals surface area contributed by atoms with Crippen molar-refractivity contribution in [3.05, 3.63) is 21.9 Å². The maximum Gasteiger partial charge on any atom is 0.0809 e. The van der Waals surface area contributed by atoms with E-state index >= 15 is 0 Å². The van der Waals surface area contributed by atoms with Gasteiger partial charge >= 0.3 is 0 Å². The van der Waals surface area contributed by atoms with E-state index in [-0.39, 0.29) is 5.41 Å². The van der Waals surface area contributed by atoms with Crippen LogP contribution in [0, 0.1) is 0 Å². The minimum absolute atomic E-state index is 0.265. The first-order chi connectivity index (χ1) is 6.04. The van der Waals surface area contributed by atoms with Gasteiger partial charge in [-0.3, -0.25) is 0 Å². The molecule has 0 N–H and O–H groups in total. The van der Waals surface area contributed by atoms with Crippen LogP contribution in [-0.2, 0) is 16.8 Å². The minimum Gasteiger partial charge on any atom is -0.376 e. The Balaban J connectivity index is 2.64. The summed E-state index contributed by atoms with van der Waals surface area (Å²) in [7, 11) is 0. The Hall–Kier alpha value is -0.340. The van der Waals surface area contributed by atoms with Crippen molar-refractivity contribution in [2.45, 2.75) is 39.7 Å². The van der Waals surface area contributed by atoms with E-state index < -0.39 is 0 Å². The molecule has 0 atom stereocenters. The summed E-state index contributed by atoms with van der Waals surface area (Å²) in [6.45, 7) is 10.3. The summed E-state index contributed by atoms with van der Waals surface area (Å²) < 4.78 is 5.36. The molecule has 1 aromatic heterocycles. The fraction of sp³-hybridized carbons (Fsp3) is 0.636. The second-order valence-electron chi connectivity index (χ2n) is 4.19. The van der Waals surface area contributed by atoms with Crippen molar-refractivity contribution in [3.63, 3.8) is 0 Å². The van der Waals surface area contributed by atoms with E-state index in [0.29, 0.717) is 0 Å². The molecule has 13 heavy (non-hydrogen) atoms. The van der Waals surface area contributed by atoms with Gasteiger partial charge in [0.25, 0.3) is 0 Å². The molecule has 1 heterocycles. The van der Waals surface area contributed by atoms with Crippen LogP contribution in [0.15, 0.2) is 11.4 Å².